The molecule has 1 unspecified atom stereocenters. The summed E-state index contributed by atoms with van der Waals surface area (Å²) < 4.78 is 7.18. The van der Waals surface area contributed by atoms with Crippen LogP contribution in [0.3, 0.4) is 0 Å². The van der Waals surface area contributed by atoms with Gasteiger partial charge in [-0.25, -0.2) is 0 Å². The van der Waals surface area contributed by atoms with Crippen LogP contribution in [0.1, 0.15) is 28.4 Å². The highest BCUT2D eigenvalue weighted by Gasteiger charge is 2.26. The van der Waals surface area contributed by atoms with E-state index in [1.807, 2.05) is 24.3 Å². The number of benzene rings is 3. The predicted octanol–water partition coefficient (Wildman–Crippen LogP) is 5.74. The molecule has 3 aromatic carbocycles. The zero-order chi connectivity index (χ0) is 18.9. The Morgan fingerprint density at radius 3 is 2.64 bits per heavy atom. The Morgan fingerprint density at radius 1 is 0.964 bits per heavy atom. The number of aromatic amines is 1. The van der Waals surface area contributed by atoms with Gasteiger partial charge in [-0.15, -0.1) is 0 Å². The van der Waals surface area contributed by atoms with Gasteiger partial charge in [-0.1, -0.05) is 64.5 Å². The van der Waals surface area contributed by atoms with Crippen molar-refractivity contribution in [3.05, 3.63) is 99.7 Å². The summed E-state index contributed by atoms with van der Waals surface area (Å²) in [6.07, 6.45) is 1.01. The number of nitrogens with one attached hydrogen (secondary N) is 2. The third-order valence-electron chi connectivity index (χ3n) is 5.39. The van der Waals surface area contributed by atoms with E-state index < -0.39 is 0 Å². The normalized spacial score (nSPS) is 16.1. The quantitative estimate of drug-likeness (QED) is 0.431. The van der Waals surface area contributed by atoms with Gasteiger partial charge in [0.1, 0.15) is 12.4 Å². The molecule has 0 radical (unpaired) electrons. The van der Waals surface area contributed by atoms with Crippen molar-refractivity contribution in [2.45, 2.75) is 19.1 Å². The van der Waals surface area contributed by atoms with Gasteiger partial charge < -0.3 is 15.0 Å². The first-order chi connectivity index (χ1) is 13.8. The first-order valence-electron chi connectivity index (χ1n) is 9.58. The van der Waals surface area contributed by atoms with Crippen LogP contribution in [0.25, 0.3) is 10.9 Å². The lowest BCUT2D eigenvalue weighted by molar-refractivity contribution is 0.306. The van der Waals surface area contributed by atoms with E-state index in [4.69, 9.17) is 4.74 Å². The van der Waals surface area contributed by atoms with E-state index in [-0.39, 0.29) is 6.04 Å². The molecule has 2 N–H and O–H groups in total. The van der Waals surface area contributed by atoms with Crippen molar-refractivity contribution in [2.75, 3.05) is 6.54 Å². The maximum absolute atomic E-state index is 6.05. The molecular formula is C24H21BrN2O. The molecule has 1 aromatic heterocycles. The Hall–Kier alpha value is -2.56. The van der Waals surface area contributed by atoms with Crippen LogP contribution in [0.5, 0.6) is 5.75 Å². The zero-order valence-electron chi connectivity index (χ0n) is 15.4. The van der Waals surface area contributed by atoms with Gasteiger partial charge >= 0.3 is 0 Å². The smallest absolute Gasteiger partial charge is 0.120 e. The SMILES string of the molecule is Brc1ccccc1C1NCCc2c1[nH]c1ccc(OCc3ccccc3)cc21. The molecular weight excluding hydrogens is 412 g/mol. The predicted molar refractivity (Wildman–Crippen MR) is 117 cm³/mol. The van der Waals surface area contributed by atoms with Crippen molar-refractivity contribution in [1.29, 1.82) is 0 Å². The molecule has 0 bridgehead atoms. The topological polar surface area (TPSA) is 37.0 Å². The molecule has 4 aromatic rings. The number of ether oxygens (including phenoxy) is 1. The third-order valence-corrected chi connectivity index (χ3v) is 6.11. The Bertz CT molecular complexity index is 1120. The standard InChI is InChI=1S/C24H21BrN2O/c25-21-9-5-4-8-19(21)23-24-18(12-13-26-23)20-14-17(10-11-22(20)27-24)28-15-16-6-2-1-3-7-16/h1-11,14,23,26-27H,12-13,15H2. The van der Waals surface area contributed by atoms with Crippen LogP contribution in [0.15, 0.2) is 77.3 Å². The van der Waals surface area contributed by atoms with Crippen LogP contribution >= 0.6 is 15.9 Å². The number of fused-ring (bicyclic) bond motifs is 3. The molecule has 0 amide bonds. The van der Waals surface area contributed by atoms with Gasteiger partial charge in [0.2, 0.25) is 0 Å². The van der Waals surface area contributed by atoms with E-state index in [0.717, 1.165) is 28.7 Å². The molecule has 0 saturated carbocycles. The minimum absolute atomic E-state index is 0.167. The van der Waals surface area contributed by atoms with Crippen LogP contribution in [0.4, 0.5) is 0 Å². The lowest BCUT2D eigenvalue weighted by Crippen LogP contribution is -2.30. The zero-order valence-corrected chi connectivity index (χ0v) is 17.0. The molecule has 0 fully saturated rings. The molecule has 1 atom stereocenters. The number of halogens is 1. The van der Waals surface area contributed by atoms with Crippen molar-refractivity contribution in [3.63, 3.8) is 0 Å². The van der Waals surface area contributed by atoms with Crippen molar-refractivity contribution >= 4 is 26.8 Å². The molecule has 0 aliphatic carbocycles. The largest absolute Gasteiger partial charge is 0.489 e. The monoisotopic (exact) mass is 432 g/mol. The first-order valence-corrected chi connectivity index (χ1v) is 10.4. The second kappa shape index (κ2) is 7.46. The first kappa shape index (κ1) is 17.5. The minimum Gasteiger partial charge on any atom is -0.489 e. The van der Waals surface area contributed by atoms with Gasteiger partial charge in [0.25, 0.3) is 0 Å². The average molecular weight is 433 g/mol. The summed E-state index contributed by atoms with van der Waals surface area (Å²) in [5.41, 5.74) is 6.25. The van der Waals surface area contributed by atoms with Crippen LogP contribution in [0, 0.1) is 0 Å². The third kappa shape index (κ3) is 3.23. The van der Waals surface area contributed by atoms with Crippen LogP contribution < -0.4 is 10.1 Å². The minimum atomic E-state index is 0.167. The van der Waals surface area contributed by atoms with Gasteiger partial charge in [-0.05, 0) is 47.4 Å². The summed E-state index contributed by atoms with van der Waals surface area (Å²) in [7, 11) is 0. The second-order valence-electron chi connectivity index (χ2n) is 7.16. The van der Waals surface area contributed by atoms with Gasteiger partial charge in [-0.2, -0.15) is 0 Å². The summed E-state index contributed by atoms with van der Waals surface area (Å²) in [4.78, 5) is 3.65. The Labute approximate surface area is 172 Å². The molecule has 2 heterocycles. The highest BCUT2D eigenvalue weighted by atomic mass is 79.9. The number of H-pyrrole nitrogens is 1. The summed E-state index contributed by atoms with van der Waals surface area (Å²) in [5.74, 6) is 0.911. The molecule has 1 aliphatic rings. The number of rotatable bonds is 4. The van der Waals surface area contributed by atoms with Gasteiger partial charge in [0, 0.05) is 27.6 Å². The highest BCUT2D eigenvalue weighted by Crippen LogP contribution is 2.37. The summed E-state index contributed by atoms with van der Waals surface area (Å²) in [6.45, 7) is 1.54. The maximum atomic E-state index is 6.05. The van der Waals surface area contributed by atoms with Crippen molar-refractivity contribution in [2.24, 2.45) is 0 Å². The van der Waals surface area contributed by atoms with E-state index in [1.54, 1.807) is 0 Å². The van der Waals surface area contributed by atoms with Crippen molar-refractivity contribution in [1.82, 2.24) is 10.3 Å². The molecule has 3 nitrogen and oxygen atoms in total. The number of hydrogen-bond donors (Lipinski definition) is 2. The Kier molecular flexibility index (Phi) is 4.67. The van der Waals surface area contributed by atoms with E-state index in [2.05, 4.69) is 74.8 Å². The van der Waals surface area contributed by atoms with Crippen LogP contribution in [-0.2, 0) is 13.0 Å². The van der Waals surface area contributed by atoms with E-state index in [1.165, 1.54) is 27.8 Å². The highest BCUT2D eigenvalue weighted by molar-refractivity contribution is 9.10. The van der Waals surface area contributed by atoms with Gasteiger partial charge in [0.05, 0.1) is 6.04 Å². The average Bonchev–Trinajstić information content (AvgIpc) is 3.12. The van der Waals surface area contributed by atoms with E-state index in [9.17, 15) is 0 Å². The molecule has 0 spiro atoms. The lowest BCUT2D eigenvalue weighted by atomic mass is 9.94. The lowest BCUT2D eigenvalue weighted by Gasteiger charge is -2.25. The van der Waals surface area contributed by atoms with Gasteiger partial charge in [0.15, 0.2) is 0 Å². The fourth-order valence-electron chi connectivity index (χ4n) is 4.01. The van der Waals surface area contributed by atoms with Crippen molar-refractivity contribution < 1.29 is 4.74 Å². The number of hydrogen-bond acceptors (Lipinski definition) is 2. The molecule has 28 heavy (non-hydrogen) atoms. The fourth-order valence-corrected chi connectivity index (χ4v) is 4.53. The molecule has 4 heteroatoms. The second-order valence-corrected chi connectivity index (χ2v) is 8.01. The van der Waals surface area contributed by atoms with E-state index in [0.29, 0.717) is 6.61 Å². The maximum Gasteiger partial charge on any atom is 0.120 e. The molecule has 1 aliphatic heterocycles. The van der Waals surface area contributed by atoms with Crippen LogP contribution in [-0.4, -0.2) is 11.5 Å². The summed E-state index contributed by atoms with van der Waals surface area (Å²) in [6, 6.07) is 25.2. The Balaban J connectivity index is 1.49. The fraction of sp³-hybridized carbons (Fsp3) is 0.167. The summed E-state index contributed by atoms with van der Waals surface area (Å²) in [5, 5.41) is 4.93. The van der Waals surface area contributed by atoms with Gasteiger partial charge in [-0.3, -0.25) is 0 Å². The molecule has 5 rings (SSSR count). The van der Waals surface area contributed by atoms with Crippen LogP contribution in [0.2, 0.25) is 0 Å². The van der Waals surface area contributed by atoms with E-state index >= 15 is 0 Å². The Morgan fingerprint density at radius 2 is 1.79 bits per heavy atom. The molecule has 0 saturated heterocycles. The summed E-state index contributed by atoms with van der Waals surface area (Å²) >= 11 is 3.71. The molecule has 140 valence electrons. The van der Waals surface area contributed by atoms with Crippen molar-refractivity contribution in [3.8, 4) is 5.75 Å². The number of aromatic nitrogens is 1.